The quantitative estimate of drug-likeness (QED) is 0.681. The van der Waals surface area contributed by atoms with E-state index in [0.29, 0.717) is 13.2 Å². The molecule has 0 bridgehead atoms. The molecule has 0 aliphatic heterocycles. The smallest absolute Gasteiger partial charge is 0.358 e. The number of methoxy groups -OCH3 is 1. The van der Waals surface area contributed by atoms with Gasteiger partial charge in [-0.1, -0.05) is 5.21 Å². The number of nitrogens with zero attached hydrogens (tertiary/aromatic N) is 4. The van der Waals surface area contributed by atoms with E-state index in [1.807, 2.05) is 7.05 Å². The second-order valence-corrected chi connectivity index (χ2v) is 3.47. The molecule has 0 aliphatic rings. The van der Waals surface area contributed by atoms with E-state index in [1.165, 1.54) is 10.9 Å². The molecule has 0 spiro atoms. The van der Waals surface area contributed by atoms with Crippen molar-refractivity contribution in [2.24, 2.45) is 0 Å². The molecule has 7 heteroatoms. The molecule has 7 nitrogen and oxygen atoms in total. The minimum Gasteiger partial charge on any atom is -0.476 e. The fraction of sp³-hybridized carbons (Fsp3) is 0.667. The fourth-order valence-corrected chi connectivity index (χ4v) is 1.14. The highest BCUT2D eigenvalue weighted by Crippen LogP contribution is 1.93. The van der Waals surface area contributed by atoms with Gasteiger partial charge in [-0.2, -0.15) is 0 Å². The van der Waals surface area contributed by atoms with Gasteiger partial charge in [0.05, 0.1) is 19.3 Å². The maximum Gasteiger partial charge on any atom is 0.358 e. The van der Waals surface area contributed by atoms with Crippen LogP contribution in [-0.4, -0.2) is 64.8 Å². The van der Waals surface area contributed by atoms with Gasteiger partial charge in [0.2, 0.25) is 0 Å². The maximum absolute atomic E-state index is 10.6. The van der Waals surface area contributed by atoms with E-state index in [0.717, 1.165) is 13.1 Å². The van der Waals surface area contributed by atoms with E-state index >= 15 is 0 Å². The van der Waals surface area contributed by atoms with E-state index in [9.17, 15) is 4.79 Å². The van der Waals surface area contributed by atoms with Gasteiger partial charge in [-0.25, -0.2) is 4.79 Å². The first-order chi connectivity index (χ1) is 7.63. The third-order valence-electron chi connectivity index (χ3n) is 2.15. The van der Waals surface area contributed by atoms with Crippen LogP contribution in [-0.2, 0) is 11.3 Å². The Morgan fingerprint density at radius 3 is 2.94 bits per heavy atom. The van der Waals surface area contributed by atoms with E-state index < -0.39 is 5.97 Å². The van der Waals surface area contributed by atoms with Crippen molar-refractivity contribution < 1.29 is 14.6 Å². The fourth-order valence-electron chi connectivity index (χ4n) is 1.14. The highest BCUT2D eigenvalue weighted by atomic mass is 16.5. The summed E-state index contributed by atoms with van der Waals surface area (Å²) in [5, 5.41) is 15.9. The number of carboxylic acids is 1. The minimum atomic E-state index is -1.06. The highest BCUT2D eigenvalue weighted by Gasteiger charge is 2.08. The van der Waals surface area contributed by atoms with Crippen molar-refractivity contribution in [1.29, 1.82) is 0 Å². The van der Waals surface area contributed by atoms with Crippen LogP contribution in [0.2, 0.25) is 0 Å². The van der Waals surface area contributed by atoms with Crippen molar-refractivity contribution in [2.45, 2.75) is 6.54 Å². The average molecular weight is 228 g/mol. The zero-order valence-electron chi connectivity index (χ0n) is 9.46. The van der Waals surface area contributed by atoms with Crippen molar-refractivity contribution in [3.63, 3.8) is 0 Å². The number of aromatic nitrogens is 3. The number of aromatic carboxylic acids is 1. The second-order valence-electron chi connectivity index (χ2n) is 3.47. The Labute approximate surface area is 93.6 Å². The molecule has 1 aromatic heterocycles. The predicted octanol–water partition coefficient (Wildman–Crippen LogP) is -0.445. The number of carbonyl (C=O) groups is 1. The Balaban J connectivity index is 2.33. The van der Waals surface area contributed by atoms with Crippen molar-refractivity contribution in [1.82, 2.24) is 19.9 Å². The zero-order chi connectivity index (χ0) is 12.0. The van der Waals surface area contributed by atoms with Gasteiger partial charge in [0.1, 0.15) is 0 Å². The molecule has 0 aliphatic carbocycles. The molecule has 90 valence electrons. The van der Waals surface area contributed by atoms with E-state index in [2.05, 4.69) is 15.2 Å². The summed E-state index contributed by atoms with van der Waals surface area (Å²) in [5.41, 5.74) is -0.0282. The SMILES string of the molecule is COCCN(C)CCn1cc(C(=O)O)nn1. The lowest BCUT2D eigenvalue weighted by molar-refractivity contribution is 0.0690. The first-order valence-electron chi connectivity index (χ1n) is 4.94. The molecule has 0 atom stereocenters. The van der Waals surface area contributed by atoms with Gasteiger partial charge in [0.15, 0.2) is 5.69 Å². The van der Waals surface area contributed by atoms with E-state index in [1.54, 1.807) is 7.11 Å². The summed E-state index contributed by atoms with van der Waals surface area (Å²) in [6.45, 7) is 2.89. The topological polar surface area (TPSA) is 80.5 Å². The molecule has 0 unspecified atom stereocenters. The summed E-state index contributed by atoms with van der Waals surface area (Å²) in [7, 11) is 3.62. The van der Waals surface area contributed by atoms with E-state index in [-0.39, 0.29) is 5.69 Å². The average Bonchev–Trinajstić information content (AvgIpc) is 2.72. The van der Waals surface area contributed by atoms with Crippen LogP contribution >= 0.6 is 0 Å². The van der Waals surface area contributed by atoms with Crippen molar-refractivity contribution in [3.8, 4) is 0 Å². The Bertz CT molecular complexity index is 339. The second kappa shape index (κ2) is 6.19. The lowest BCUT2D eigenvalue weighted by Gasteiger charge is -2.15. The van der Waals surface area contributed by atoms with E-state index in [4.69, 9.17) is 9.84 Å². The van der Waals surface area contributed by atoms with Crippen LogP contribution in [0.15, 0.2) is 6.20 Å². The summed E-state index contributed by atoms with van der Waals surface area (Å²) in [4.78, 5) is 12.6. The number of rotatable bonds is 7. The summed E-state index contributed by atoms with van der Waals surface area (Å²) >= 11 is 0. The molecular formula is C9H16N4O3. The minimum absolute atomic E-state index is 0.0282. The third kappa shape index (κ3) is 3.95. The summed E-state index contributed by atoms with van der Waals surface area (Å²) in [6.07, 6.45) is 1.42. The summed E-state index contributed by atoms with van der Waals surface area (Å²) in [6, 6.07) is 0. The van der Waals surface area contributed by atoms with Crippen LogP contribution in [0, 0.1) is 0 Å². The molecule has 1 aromatic rings. The first kappa shape index (κ1) is 12.6. The summed E-state index contributed by atoms with van der Waals surface area (Å²) in [5.74, 6) is -1.06. The monoisotopic (exact) mass is 228 g/mol. The van der Waals surface area contributed by atoms with Crippen LogP contribution in [0.25, 0.3) is 0 Å². The van der Waals surface area contributed by atoms with Crippen LogP contribution in [0.4, 0.5) is 0 Å². The first-order valence-corrected chi connectivity index (χ1v) is 4.94. The van der Waals surface area contributed by atoms with Crippen molar-refractivity contribution in [2.75, 3.05) is 33.9 Å². The number of likely N-dealkylation sites (N-methyl/N-ethyl adjacent to an activating group) is 1. The molecule has 1 heterocycles. The highest BCUT2D eigenvalue weighted by molar-refractivity contribution is 5.84. The van der Waals surface area contributed by atoms with Crippen molar-refractivity contribution in [3.05, 3.63) is 11.9 Å². The molecular weight excluding hydrogens is 212 g/mol. The van der Waals surface area contributed by atoms with Gasteiger partial charge in [0.25, 0.3) is 0 Å². The lowest BCUT2D eigenvalue weighted by atomic mass is 10.5. The van der Waals surface area contributed by atoms with Crippen LogP contribution < -0.4 is 0 Å². The third-order valence-corrected chi connectivity index (χ3v) is 2.15. The molecule has 0 fully saturated rings. The largest absolute Gasteiger partial charge is 0.476 e. The molecule has 0 saturated heterocycles. The van der Waals surface area contributed by atoms with Gasteiger partial charge in [0, 0.05) is 20.2 Å². The maximum atomic E-state index is 10.6. The normalized spacial score (nSPS) is 10.9. The van der Waals surface area contributed by atoms with Crippen LogP contribution in [0.1, 0.15) is 10.5 Å². The van der Waals surface area contributed by atoms with Gasteiger partial charge < -0.3 is 14.7 Å². The number of ether oxygens (including phenoxy) is 1. The Morgan fingerprint density at radius 1 is 1.62 bits per heavy atom. The molecule has 1 rings (SSSR count). The Morgan fingerprint density at radius 2 is 2.38 bits per heavy atom. The van der Waals surface area contributed by atoms with Crippen molar-refractivity contribution >= 4 is 5.97 Å². The van der Waals surface area contributed by atoms with Gasteiger partial charge in [-0.3, -0.25) is 4.68 Å². The molecule has 0 saturated carbocycles. The van der Waals surface area contributed by atoms with Gasteiger partial charge in [-0.05, 0) is 7.05 Å². The molecule has 0 radical (unpaired) electrons. The Hall–Kier alpha value is -1.47. The lowest BCUT2D eigenvalue weighted by Crippen LogP contribution is -2.26. The number of hydrogen-bond donors (Lipinski definition) is 1. The molecule has 16 heavy (non-hydrogen) atoms. The van der Waals surface area contributed by atoms with Crippen LogP contribution in [0.3, 0.4) is 0 Å². The molecule has 0 amide bonds. The Kier molecular flexibility index (Phi) is 4.87. The van der Waals surface area contributed by atoms with Gasteiger partial charge in [-0.15, -0.1) is 5.10 Å². The molecule has 1 N–H and O–H groups in total. The van der Waals surface area contributed by atoms with Crippen LogP contribution in [0.5, 0.6) is 0 Å². The van der Waals surface area contributed by atoms with Gasteiger partial charge >= 0.3 is 5.97 Å². The summed E-state index contributed by atoms with van der Waals surface area (Å²) < 4.78 is 6.47. The standard InChI is InChI=1S/C9H16N4O3/c1-12(5-6-16-2)3-4-13-7-8(9(14)15)10-11-13/h7H,3-6H2,1-2H3,(H,14,15). The predicted molar refractivity (Wildman–Crippen MR) is 56.4 cm³/mol. The number of carboxylic acid groups (broad SMARTS) is 1. The number of hydrogen-bond acceptors (Lipinski definition) is 5. The molecule has 0 aromatic carbocycles. The zero-order valence-corrected chi connectivity index (χ0v) is 9.46.